The minimum absolute atomic E-state index is 0.212. The number of aryl methyl sites for hydroxylation is 1. The van der Waals surface area contributed by atoms with Crippen molar-refractivity contribution in [2.45, 2.75) is 31.5 Å². The van der Waals surface area contributed by atoms with Crippen LogP contribution in [0.4, 0.5) is 24.5 Å². The van der Waals surface area contributed by atoms with Crippen molar-refractivity contribution >= 4 is 17.3 Å². The predicted octanol–water partition coefficient (Wildman–Crippen LogP) is 4.48. The summed E-state index contributed by atoms with van der Waals surface area (Å²) in [5.74, 6) is -0.333. The lowest BCUT2D eigenvalue weighted by atomic mass is 10.0. The van der Waals surface area contributed by atoms with Gasteiger partial charge in [-0.3, -0.25) is 4.79 Å². The van der Waals surface area contributed by atoms with Crippen LogP contribution >= 0.6 is 0 Å². The van der Waals surface area contributed by atoms with Gasteiger partial charge in [0, 0.05) is 6.42 Å². The summed E-state index contributed by atoms with van der Waals surface area (Å²) >= 11 is 0. The quantitative estimate of drug-likeness (QED) is 0.560. The number of ether oxygens (including phenoxy) is 1. The zero-order valence-electron chi connectivity index (χ0n) is 14.3. The Labute approximate surface area is 150 Å². The Balaban J connectivity index is 2.16. The zero-order valence-corrected chi connectivity index (χ0v) is 14.3. The first-order valence-electron chi connectivity index (χ1n) is 8.12. The maximum absolute atomic E-state index is 13.0. The molecular formula is C19H21F3N2O2. The van der Waals surface area contributed by atoms with Crippen LogP contribution in [0.25, 0.3) is 0 Å². The Morgan fingerprint density at radius 2 is 1.88 bits per heavy atom. The lowest BCUT2D eigenvalue weighted by Gasteiger charge is -2.23. The van der Waals surface area contributed by atoms with Gasteiger partial charge in [0.05, 0.1) is 30.9 Å². The maximum atomic E-state index is 13.0. The number of hydrogen-bond acceptors (Lipinski definition) is 4. The summed E-state index contributed by atoms with van der Waals surface area (Å²) in [5.41, 5.74) is 8.08. The van der Waals surface area contributed by atoms with E-state index in [0.717, 1.165) is 5.56 Å². The van der Waals surface area contributed by atoms with Crippen LogP contribution in [0.3, 0.4) is 0 Å². The van der Waals surface area contributed by atoms with Gasteiger partial charge in [-0.25, -0.2) is 0 Å². The van der Waals surface area contributed by atoms with Crippen LogP contribution in [0, 0.1) is 0 Å². The first-order chi connectivity index (χ1) is 12.3. The number of carbonyl (C=O) groups excluding carboxylic acids is 1. The van der Waals surface area contributed by atoms with E-state index in [9.17, 15) is 18.0 Å². The van der Waals surface area contributed by atoms with Crippen LogP contribution in [-0.2, 0) is 16.0 Å². The zero-order chi connectivity index (χ0) is 19.2. The number of rotatable bonds is 7. The molecule has 0 bridgehead atoms. The minimum Gasteiger partial charge on any atom is -0.469 e. The van der Waals surface area contributed by atoms with Crippen molar-refractivity contribution in [3.8, 4) is 0 Å². The van der Waals surface area contributed by atoms with Gasteiger partial charge in [-0.1, -0.05) is 36.4 Å². The van der Waals surface area contributed by atoms with Crippen molar-refractivity contribution in [3.05, 3.63) is 59.7 Å². The summed E-state index contributed by atoms with van der Waals surface area (Å²) in [6.45, 7) is 0. The van der Waals surface area contributed by atoms with Gasteiger partial charge in [0.25, 0.3) is 0 Å². The van der Waals surface area contributed by atoms with Gasteiger partial charge in [-0.2, -0.15) is 13.2 Å². The van der Waals surface area contributed by atoms with Gasteiger partial charge in [0.1, 0.15) is 0 Å². The summed E-state index contributed by atoms with van der Waals surface area (Å²) in [4.78, 5) is 11.2. The normalized spacial score (nSPS) is 12.5. The molecule has 2 aromatic rings. The van der Waals surface area contributed by atoms with Crippen LogP contribution in [0.5, 0.6) is 0 Å². The molecule has 0 aromatic heterocycles. The fourth-order valence-electron chi connectivity index (χ4n) is 2.60. The molecule has 7 heteroatoms. The fourth-order valence-corrected chi connectivity index (χ4v) is 2.60. The van der Waals surface area contributed by atoms with Crippen molar-refractivity contribution in [1.82, 2.24) is 0 Å². The average molecular weight is 366 g/mol. The minimum atomic E-state index is -4.32. The Kier molecular flexibility index (Phi) is 6.49. The molecule has 4 nitrogen and oxygen atoms in total. The number of benzene rings is 2. The number of halogens is 3. The highest BCUT2D eigenvalue weighted by atomic mass is 19.4. The second-order valence-corrected chi connectivity index (χ2v) is 5.92. The molecule has 0 aliphatic rings. The maximum Gasteiger partial charge on any atom is 0.391 e. The number of anilines is 2. The Hall–Kier alpha value is -2.70. The van der Waals surface area contributed by atoms with E-state index in [1.165, 1.54) is 7.11 Å². The molecule has 0 aliphatic carbocycles. The molecule has 2 aromatic carbocycles. The highest BCUT2D eigenvalue weighted by Gasteiger charge is 2.32. The van der Waals surface area contributed by atoms with E-state index in [2.05, 4.69) is 10.1 Å². The molecule has 1 atom stereocenters. The van der Waals surface area contributed by atoms with E-state index < -0.39 is 18.6 Å². The smallest absolute Gasteiger partial charge is 0.391 e. The first-order valence-corrected chi connectivity index (χ1v) is 8.12. The Bertz CT molecular complexity index is 733. The molecule has 0 fully saturated rings. The molecule has 140 valence electrons. The number of nitrogens with two attached hydrogens (primary N) is 1. The van der Waals surface area contributed by atoms with E-state index in [1.54, 1.807) is 48.5 Å². The predicted molar refractivity (Wildman–Crippen MR) is 94.7 cm³/mol. The number of hydrogen-bond donors (Lipinski definition) is 2. The molecule has 0 heterocycles. The topological polar surface area (TPSA) is 64.3 Å². The summed E-state index contributed by atoms with van der Waals surface area (Å²) in [6, 6.07) is 12.5. The van der Waals surface area contributed by atoms with E-state index in [0.29, 0.717) is 23.4 Å². The number of methoxy groups -OCH3 is 1. The summed E-state index contributed by atoms with van der Waals surface area (Å²) in [6.07, 6.45) is -4.67. The van der Waals surface area contributed by atoms with Gasteiger partial charge >= 0.3 is 12.1 Å². The summed E-state index contributed by atoms with van der Waals surface area (Å²) in [5, 5.41) is 2.89. The highest BCUT2D eigenvalue weighted by Crippen LogP contribution is 2.33. The molecule has 1 unspecified atom stereocenters. The van der Waals surface area contributed by atoms with Crippen LogP contribution in [-0.4, -0.2) is 19.3 Å². The van der Waals surface area contributed by atoms with Gasteiger partial charge in [-0.15, -0.1) is 0 Å². The van der Waals surface area contributed by atoms with Crippen LogP contribution in [0.1, 0.15) is 30.0 Å². The summed E-state index contributed by atoms with van der Waals surface area (Å²) < 4.78 is 43.4. The second kappa shape index (κ2) is 8.60. The van der Waals surface area contributed by atoms with Crippen LogP contribution in [0.15, 0.2) is 48.5 Å². The van der Waals surface area contributed by atoms with Crippen molar-refractivity contribution in [2.24, 2.45) is 0 Å². The van der Waals surface area contributed by atoms with Gasteiger partial charge in [0.2, 0.25) is 0 Å². The third-order valence-corrected chi connectivity index (χ3v) is 3.93. The molecule has 3 N–H and O–H groups in total. The van der Waals surface area contributed by atoms with Gasteiger partial charge in [-0.05, 0) is 29.7 Å². The fraction of sp³-hybridized carbons (Fsp3) is 0.316. The van der Waals surface area contributed by atoms with Crippen LogP contribution < -0.4 is 11.1 Å². The monoisotopic (exact) mass is 366 g/mol. The molecule has 0 radical (unpaired) electrons. The summed E-state index contributed by atoms with van der Waals surface area (Å²) in [7, 11) is 1.31. The lowest BCUT2D eigenvalue weighted by molar-refractivity contribution is -0.140. The second-order valence-electron chi connectivity index (χ2n) is 5.92. The largest absolute Gasteiger partial charge is 0.469 e. The standard InChI is InChI=1S/C19H21F3N2O2/c1-26-18(25)10-8-13-7-9-16(15(23)11-13)24-17(12-19(20,21)22)14-5-3-2-4-6-14/h2-7,9,11,17,24H,8,10,12,23H2,1H3. The number of alkyl halides is 3. The van der Waals surface area contributed by atoms with Gasteiger partial charge < -0.3 is 15.8 Å². The van der Waals surface area contributed by atoms with Crippen LogP contribution in [0.2, 0.25) is 0 Å². The van der Waals surface area contributed by atoms with Crippen molar-refractivity contribution in [3.63, 3.8) is 0 Å². The number of carbonyl (C=O) groups is 1. The van der Waals surface area contributed by atoms with E-state index >= 15 is 0 Å². The Morgan fingerprint density at radius 1 is 1.19 bits per heavy atom. The SMILES string of the molecule is COC(=O)CCc1ccc(NC(CC(F)(F)F)c2ccccc2)c(N)c1. The molecule has 0 spiro atoms. The first kappa shape index (κ1) is 19.6. The Morgan fingerprint density at radius 3 is 2.46 bits per heavy atom. The average Bonchev–Trinajstić information content (AvgIpc) is 2.60. The molecule has 2 rings (SSSR count). The number of esters is 1. The van der Waals surface area contributed by atoms with Crippen molar-refractivity contribution in [2.75, 3.05) is 18.2 Å². The van der Waals surface area contributed by atoms with Gasteiger partial charge in [0.15, 0.2) is 0 Å². The lowest BCUT2D eigenvalue weighted by Crippen LogP contribution is -2.20. The molecule has 0 amide bonds. The van der Waals surface area contributed by atoms with E-state index in [-0.39, 0.29) is 12.4 Å². The molecule has 0 saturated carbocycles. The molecular weight excluding hydrogens is 345 g/mol. The third-order valence-electron chi connectivity index (χ3n) is 3.93. The molecule has 26 heavy (non-hydrogen) atoms. The number of nitrogen functional groups attached to an aromatic ring is 1. The number of nitrogens with one attached hydrogen (secondary N) is 1. The van der Waals surface area contributed by atoms with E-state index in [4.69, 9.17) is 5.73 Å². The third kappa shape index (κ3) is 5.98. The van der Waals surface area contributed by atoms with E-state index in [1.807, 2.05) is 0 Å². The molecule has 0 aliphatic heterocycles. The highest BCUT2D eigenvalue weighted by molar-refractivity contribution is 5.70. The molecule has 0 saturated heterocycles. The van der Waals surface area contributed by atoms with Crippen molar-refractivity contribution < 1.29 is 22.7 Å². The van der Waals surface area contributed by atoms with Crippen molar-refractivity contribution in [1.29, 1.82) is 0 Å².